The van der Waals surface area contributed by atoms with Gasteiger partial charge in [-0.1, -0.05) is 46.8 Å². The minimum absolute atomic E-state index is 0.0134. The Morgan fingerprint density at radius 1 is 1.26 bits per heavy atom. The minimum atomic E-state index is -0.581. The second-order valence-corrected chi connectivity index (χ2v) is 6.64. The molecule has 0 heterocycles. The summed E-state index contributed by atoms with van der Waals surface area (Å²) in [6, 6.07) is 9.99. The van der Waals surface area contributed by atoms with Crippen LogP contribution in [0.4, 0.5) is 5.69 Å². The van der Waals surface area contributed by atoms with Gasteiger partial charge in [0.05, 0.1) is 10.0 Å². The standard InChI is InChI=1S/C20H13Cl3N2O2/c1-3-6-27-19-16(22)8-13(9-17(19)23)7-14(11-24)20(26)25-18-10-15(21)5-4-12(18)2/h1,4-5,7-10H,6H2,2H3,(H,25,26)/b14-7+. The molecule has 0 spiro atoms. The summed E-state index contributed by atoms with van der Waals surface area (Å²) in [6.07, 6.45) is 6.52. The first-order valence-corrected chi connectivity index (χ1v) is 8.73. The number of terminal acetylenes is 1. The number of hydrogen-bond donors (Lipinski definition) is 1. The van der Waals surface area contributed by atoms with Crippen molar-refractivity contribution in [3.05, 3.63) is 62.1 Å². The Morgan fingerprint density at radius 3 is 2.52 bits per heavy atom. The van der Waals surface area contributed by atoms with E-state index in [9.17, 15) is 10.1 Å². The van der Waals surface area contributed by atoms with Crippen LogP contribution in [0.2, 0.25) is 15.1 Å². The molecule has 2 rings (SSSR count). The zero-order valence-corrected chi connectivity index (χ0v) is 16.4. The van der Waals surface area contributed by atoms with Gasteiger partial charge < -0.3 is 10.1 Å². The van der Waals surface area contributed by atoms with E-state index in [2.05, 4.69) is 11.2 Å². The fourth-order valence-electron chi connectivity index (χ4n) is 2.15. The Bertz CT molecular complexity index is 978. The highest BCUT2D eigenvalue weighted by Gasteiger charge is 2.14. The molecule has 0 atom stereocenters. The number of benzene rings is 2. The molecule has 2 aromatic rings. The molecule has 7 heteroatoms. The molecule has 0 aliphatic heterocycles. The van der Waals surface area contributed by atoms with Crippen LogP contribution in [0.3, 0.4) is 0 Å². The summed E-state index contributed by atoms with van der Waals surface area (Å²) in [5, 5.41) is 12.9. The van der Waals surface area contributed by atoms with E-state index in [1.54, 1.807) is 18.2 Å². The number of aryl methyl sites for hydroxylation is 1. The summed E-state index contributed by atoms with van der Waals surface area (Å²) in [4.78, 5) is 12.4. The molecule has 0 bridgehead atoms. The van der Waals surface area contributed by atoms with Crippen LogP contribution in [0, 0.1) is 30.6 Å². The van der Waals surface area contributed by atoms with Crippen LogP contribution in [0.5, 0.6) is 5.75 Å². The van der Waals surface area contributed by atoms with Crippen molar-refractivity contribution < 1.29 is 9.53 Å². The molecule has 0 unspecified atom stereocenters. The van der Waals surface area contributed by atoms with E-state index < -0.39 is 5.91 Å². The number of nitrogens with zero attached hydrogens (tertiary/aromatic N) is 1. The van der Waals surface area contributed by atoms with Gasteiger partial charge in [0.25, 0.3) is 5.91 Å². The second kappa shape index (κ2) is 9.35. The predicted molar refractivity (Wildman–Crippen MR) is 109 cm³/mol. The van der Waals surface area contributed by atoms with Gasteiger partial charge in [-0.3, -0.25) is 4.79 Å². The fourth-order valence-corrected chi connectivity index (χ4v) is 2.93. The van der Waals surface area contributed by atoms with Crippen molar-refractivity contribution >= 4 is 52.5 Å². The zero-order valence-electron chi connectivity index (χ0n) is 14.1. The SMILES string of the molecule is C#CCOc1c(Cl)cc(/C=C(\C#N)C(=O)Nc2cc(Cl)ccc2C)cc1Cl. The van der Waals surface area contributed by atoms with Crippen LogP contribution >= 0.6 is 34.8 Å². The normalized spacial score (nSPS) is 10.7. The first kappa shape index (κ1) is 20.7. The molecule has 0 saturated heterocycles. The average Bonchev–Trinajstić information content (AvgIpc) is 2.62. The lowest BCUT2D eigenvalue weighted by atomic mass is 10.1. The van der Waals surface area contributed by atoms with E-state index in [0.717, 1.165) is 5.56 Å². The smallest absolute Gasteiger partial charge is 0.266 e. The number of hydrogen-bond acceptors (Lipinski definition) is 3. The van der Waals surface area contributed by atoms with Gasteiger partial charge in [-0.15, -0.1) is 6.42 Å². The highest BCUT2D eigenvalue weighted by Crippen LogP contribution is 2.35. The summed E-state index contributed by atoms with van der Waals surface area (Å²) in [5.74, 6) is 1.98. The molecule has 0 aliphatic carbocycles. The zero-order chi connectivity index (χ0) is 20.0. The van der Waals surface area contributed by atoms with Crippen LogP contribution in [-0.2, 0) is 4.79 Å². The van der Waals surface area contributed by atoms with Crippen molar-refractivity contribution in [3.63, 3.8) is 0 Å². The van der Waals surface area contributed by atoms with Crippen LogP contribution < -0.4 is 10.1 Å². The molecular formula is C20H13Cl3N2O2. The van der Waals surface area contributed by atoms with Crippen LogP contribution in [-0.4, -0.2) is 12.5 Å². The van der Waals surface area contributed by atoms with Gasteiger partial charge in [-0.25, -0.2) is 0 Å². The molecule has 1 amide bonds. The molecule has 0 radical (unpaired) electrons. The molecule has 0 saturated carbocycles. The van der Waals surface area contributed by atoms with Gasteiger partial charge in [0.2, 0.25) is 0 Å². The largest absolute Gasteiger partial charge is 0.478 e. The highest BCUT2D eigenvalue weighted by atomic mass is 35.5. The van der Waals surface area contributed by atoms with Gasteiger partial charge in [-0.2, -0.15) is 5.26 Å². The van der Waals surface area contributed by atoms with Crippen molar-refractivity contribution in [3.8, 4) is 24.2 Å². The Morgan fingerprint density at radius 2 is 1.93 bits per heavy atom. The van der Waals surface area contributed by atoms with Gasteiger partial charge in [0.1, 0.15) is 18.2 Å². The lowest BCUT2D eigenvalue weighted by molar-refractivity contribution is -0.112. The van der Waals surface area contributed by atoms with Crippen LogP contribution in [0.25, 0.3) is 6.08 Å². The van der Waals surface area contributed by atoms with E-state index in [-0.39, 0.29) is 28.0 Å². The van der Waals surface area contributed by atoms with Crippen molar-refractivity contribution in [1.29, 1.82) is 5.26 Å². The quantitative estimate of drug-likeness (QED) is 0.395. The Labute approximate surface area is 172 Å². The molecule has 1 N–H and O–H groups in total. The van der Waals surface area contributed by atoms with Gasteiger partial charge >= 0.3 is 0 Å². The van der Waals surface area contributed by atoms with Gasteiger partial charge in [0.15, 0.2) is 5.75 Å². The summed E-state index contributed by atoms with van der Waals surface area (Å²) in [5.41, 5.74) is 1.67. The van der Waals surface area contributed by atoms with E-state index in [1.807, 2.05) is 13.0 Å². The van der Waals surface area contributed by atoms with E-state index in [4.69, 9.17) is 46.0 Å². The fraction of sp³-hybridized carbons (Fsp3) is 0.100. The number of nitrogens with one attached hydrogen (secondary N) is 1. The van der Waals surface area contributed by atoms with Crippen molar-refractivity contribution in [1.82, 2.24) is 0 Å². The lowest BCUT2D eigenvalue weighted by Crippen LogP contribution is -2.14. The molecule has 27 heavy (non-hydrogen) atoms. The third-order valence-electron chi connectivity index (χ3n) is 3.44. The first-order chi connectivity index (χ1) is 12.8. The molecule has 0 aromatic heterocycles. The maximum absolute atomic E-state index is 12.4. The van der Waals surface area contributed by atoms with Crippen molar-refractivity contribution in [2.75, 3.05) is 11.9 Å². The number of amides is 1. The number of nitriles is 1. The third-order valence-corrected chi connectivity index (χ3v) is 4.24. The average molecular weight is 420 g/mol. The maximum atomic E-state index is 12.4. The molecule has 4 nitrogen and oxygen atoms in total. The third kappa shape index (κ3) is 5.42. The summed E-state index contributed by atoms with van der Waals surface area (Å²) >= 11 is 18.2. The monoisotopic (exact) mass is 418 g/mol. The predicted octanol–water partition coefficient (Wildman–Crippen LogP) is 5.51. The molecule has 0 aliphatic rings. The Hall–Kier alpha value is -2.63. The summed E-state index contributed by atoms with van der Waals surface area (Å²) in [7, 11) is 0. The second-order valence-electron chi connectivity index (χ2n) is 5.39. The number of halogens is 3. The highest BCUT2D eigenvalue weighted by molar-refractivity contribution is 6.37. The number of carbonyl (C=O) groups is 1. The number of rotatable bonds is 5. The topological polar surface area (TPSA) is 62.1 Å². The molecule has 2 aromatic carbocycles. The molecule has 0 fully saturated rings. The lowest BCUT2D eigenvalue weighted by Gasteiger charge is -2.10. The molecular weight excluding hydrogens is 407 g/mol. The number of ether oxygens (including phenoxy) is 1. The van der Waals surface area contributed by atoms with Gasteiger partial charge in [0, 0.05) is 10.7 Å². The maximum Gasteiger partial charge on any atom is 0.266 e. The first-order valence-electron chi connectivity index (χ1n) is 7.60. The van der Waals surface area contributed by atoms with Crippen molar-refractivity contribution in [2.24, 2.45) is 0 Å². The van der Waals surface area contributed by atoms with Crippen molar-refractivity contribution in [2.45, 2.75) is 6.92 Å². The van der Waals surface area contributed by atoms with Crippen LogP contribution in [0.1, 0.15) is 11.1 Å². The van der Waals surface area contributed by atoms with Gasteiger partial charge in [-0.05, 0) is 48.4 Å². The number of anilines is 1. The van der Waals surface area contributed by atoms with E-state index >= 15 is 0 Å². The Balaban J connectivity index is 2.30. The van der Waals surface area contributed by atoms with E-state index in [1.165, 1.54) is 18.2 Å². The van der Waals surface area contributed by atoms with E-state index in [0.29, 0.717) is 16.3 Å². The summed E-state index contributed by atoms with van der Waals surface area (Å²) < 4.78 is 5.28. The minimum Gasteiger partial charge on any atom is -0.478 e. The molecule has 136 valence electrons. The number of carbonyl (C=O) groups excluding carboxylic acids is 1. The summed E-state index contributed by atoms with van der Waals surface area (Å²) in [6.45, 7) is 1.83. The van der Waals surface area contributed by atoms with Crippen LogP contribution in [0.15, 0.2) is 35.9 Å². The Kier molecular flexibility index (Phi) is 7.16.